The average Bonchev–Trinajstić information content (AvgIpc) is 2.50. The third-order valence-corrected chi connectivity index (χ3v) is 5.48. The van der Waals surface area contributed by atoms with Crippen LogP contribution in [0.3, 0.4) is 0 Å². The highest BCUT2D eigenvalue weighted by Gasteiger charge is 2.17. The lowest BCUT2D eigenvalue weighted by Crippen LogP contribution is -2.28. The fourth-order valence-corrected chi connectivity index (χ4v) is 3.82. The number of halogens is 2. The van der Waals surface area contributed by atoms with Crippen LogP contribution in [0, 0.1) is 0 Å². The summed E-state index contributed by atoms with van der Waals surface area (Å²) in [6, 6.07) is 11.7. The molecule has 2 aromatic rings. The SMILES string of the molecule is COc1ccc([C@H](C)NS(=O)(=O)Cc2ccc(Cl)c(Cl)c2)cc1. The zero-order valence-corrected chi connectivity index (χ0v) is 15.0. The molecule has 1 atom stereocenters. The summed E-state index contributed by atoms with van der Waals surface area (Å²) in [5.41, 5.74) is 1.43. The van der Waals surface area contributed by atoms with Gasteiger partial charge in [0, 0.05) is 6.04 Å². The Morgan fingerprint density at radius 1 is 1.09 bits per heavy atom. The Labute approximate surface area is 146 Å². The quantitative estimate of drug-likeness (QED) is 0.825. The fraction of sp³-hybridized carbons (Fsp3) is 0.250. The van der Waals surface area contributed by atoms with Crippen molar-refractivity contribution < 1.29 is 13.2 Å². The van der Waals surface area contributed by atoms with Gasteiger partial charge in [-0.1, -0.05) is 41.4 Å². The van der Waals surface area contributed by atoms with Gasteiger partial charge in [-0.05, 0) is 42.3 Å². The molecule has 23 heavy (non-hydrogen) atoms. The van der Waals surface area contributed by atoms with Crippen molar-refractivity contribution in [2.24, 2.45) is 0 Å². The molecule has 7 heteroatoms. The lowest BCUT2D eigenvalue weighted by molar-refractivity contribution is 0.414. The molecule has 0 spiro atoms. The molecule has 4 nitrogen and oxygen atoms in total. The van der Waals surface area contributed by atoms with Gasteiger partial charge in [0.05, 0.1) is 22.9 Å². The Morgan fingerprint density at radius 2 is 1.74 bits per heavy atom. The van der Waals surface area contributed by atoms with Crippen LogP contribution in [0.1, 0.15) is 24.1 Å². The minimum Gasteiger partial charge on any atom is -0.497 e. The second kappa shape index (κ2) is 7.53. The lowest BCUT2D eigenvalue weighted by Gasteiger charge is -2.15. The Balaban J connectivity index is 2.08. The first-order chi connectivity index (χ1) is 10.8. The largest absolute Gasteiger partial charge is 0.497 e. The van der Waals surface area contributed by atoms with Crippen molar-refractivity contribution in [3.05, 3.63) is 63.6 Å². The van der Waals surface area contributed by atoms with E-state index in [9.17, 15) is 8.42 Å². The molecule has 2 aromatic carbocycles. The van der Waals surface area contributed by atoms with E-state index in [4.69, 9.17) is 27.9 Å². The van der Waals surface area contributed by atoms with Gasteiger partial charge in [0.15, 0.2) is 0 Å². The molecule has 0 heterocycles. The van der Waals surface area contributed by atoms with Crippen molar-refractivity contribution in [1.29, 1.82) is 0 Å². The van der Waals surface area contributed by atoms with Gasteiger partial charge in [-0.25, -0.2) is 13.1 Å². The van der Waals surface area contributed by atoms with Crippen LogP contribution in [-0.4, -0.2) is 15.5 Å². The molecule has 0 saturated carbocycles. The number of rotatable bonds is 6. The number of benzene rings is 2. The fourth-order valence-electron chi connectivity index (χ4n) is 2.12. The third kappa shape index (κ3) is 5.11. The van der Waals surface area contributed by atoms with Gasteiger partial charge < -0.3 is 4.74 Å². The van der Waals surface area contributed by atoms with Crippen molar-refractivity contribution >= 4 is 33.2 Å². The summed E-state index contributed by atoms with van der Waals surface area (Å²) in [7, 11) is -1.93. The topological polar surface area (TPSA) is 55.4 Å². The molecule has 124 valence electrons. The maximum atomic E-state index is 12.3. The van der Waals surface area contributed by atoms with Gasteiger partial charge in [0.1, 0.15) is 5.75 Å². The summed E-state index contributed by atoms with van der Waals surface area (Å²) in [5, 5.41) is 0.731. The van der Waals surface area contributed by atoms with E-state index in [2.05, 4.69) is 4.72 Å². The van der Waals surface area contributed by atoms with E-state index in [0.29, 0.717) is 15.6 Å². The average molecular weight is 374 g/mol. The molecule has 0 aliphatic rings. The maximum Gasteiger partial charge on any atom is 0.216 e. The Hall–Kier alpha value is -1.27. The number of hydrogen-bond acceptors (Lipinski definition) is 3. The summed E-state index contributed by atoms with van der Waals surface area (Å²) >= 11 is 11.7. The van der Waals surface area contributed by atoms with Gasteiger partial charge in [-0.3, -0.25) is 0 Å². The number of hydrogen-bond donors (Lipinski definition) is 1. The van der Waals surface area contributed by atoms with Gasteiger partial charge in [-0.2, -0.15) is 0 Å². The van der Waals surface area contributed by atoms with Crippen LogP contribution in [0.25, 0.3) is 0 Å². The smallest absolute Gasteiger partial charge is 0.216 e. The first-order valence-electron chi connectivity index (χ1n) is 6.88. The van der Waals surface area contributed by atoms with Gasteiger partial charge in [0.25, 0.3) is 0 Å². The normalized spacial score (nSPS) is 12.9. The van der Waals surface area contributed by atoms with Crippen LogP contribution in [0.5, 0.6) is 5.75 Å². The monoisotopic (exact) mass is 373 g/mol. The zero-order valence-electron chi connectivity index (χ0n) is 12.7. The predicted molar refractivity (Wildman–Crippen MR) is 93.6 cm³/mol. The van der Waals surface area contributed by atoms with Crippen molar-refractivity contribution in [3.63, 3.8) is 0 Å². The molecule has 0 saturated heterocycles. The van der Waals surface area contributed by atoms with Gasteiger partial charge in [-0.15, -0.1) is 0 Å². The lowest BCUT2D eigenvalue weighted by atomic mass is 10.1. The van der Waals surface area contributed by atoms with E-state index < -0.39 is 10.0 Å². The van der Waals surface area contributed by atoms with Crippen LogP contribution in [0.4, 0.5) is 0 Å². The van der Waals surface area contributed by atoms with Crippen LogP contribution in [-0.2, 0) is 15.8 Å². The molecule has 0 aromatic heterocycles. The van der Waals surface area contributed by atoms with Crippen LogP contribution in [0.2, 0.25) is 10.0 Å². The van der Waals surface area contributed by atoms with E-state index in [1.165, 1.54) is 0 Å². The summed E-state index contributed by atoms with van der Waals surface area (Å²) in [5.74, 6) is 0.560. The molecule has 0 fully saturated rings. The summed E-state index contributed by atoms with van der Waals surface area (Å²) in [4.78, 5) is 0. The summed E-state index contributed by atoms with van der Waals surface area (Å²) < 4.78 is 32.3. The number of ether oxygens (including phenoxy) is 1. The van der Waals surface area contributed by atoms with Crippen molar-refractivity contribution in [2.75, 3.05) is 7.11 Å². The minimum atomic E-state index is -3.51. The Morgan fingerprint density at radius 3 is 2.30 bits per heavy atom. The van der Waals surface area contributed by atoms with Crippen LogP contribution in [0.15, 0.2) is 42.5 Å². The molecule has 0 unspecified atom stereocenters. The number of methoxy groups -OCH3 is 1. The predicted octanol–water partition coefficient (Wildman–Crippen LogP) is 4.18. The highest BCUT2D eigenvalue weighted by molar-refractivity contribution is 7.88. The Bertz CT molecular complexity index is 776. The zero-order chi connectivity index (χ0) is 17.0. The standard InChI is InChI=1S/C16H17Cl2NO3S/c1-11(13-4-6-14(22-2)7-5-13)19-23(20,21)10-12-3-8-15(17)16(18)9-12/h3-9,11,19H,10H2,1-2H3/t11-/m0/s1. The number of nitrogens with one attached hydrogen (secondary N) is 1. The first-order valence-corrected chi connectivity index (χ1v) is 9.29. The molecular formula is C16H17Cl2NO3S. The van der Waals surface area contributed by atoms with Crippen molar-refractivity contribution in [2.45, 2.75) is 18.7 Å². The highest BCUT2D eigenvalue weighted by Crippen LogP contribution is 2.24. The minimum absolute atomic E-state index is 0.162. The summed E-state index contributed by atoms with van der Waals surface area (Å²) in [6.07, 6.45) is 0. The third-order valence-electron chi connectivity index (χ3n) is 3.31. The van der Waals surface area contributed by atoms with Gasteiger partial charge in [0.2, 0.25) is 10.0 Å². The molecule has 0 aliphatic carbocycles. The van der Waals surface area contributed by atoms with E-state index in [1.807, 2.05) is 12.1 Å². The van der Waals surface area contributed by atoms with E-state index in [0.717, 1.165) is 11.3 Å². The maximum absolute atomic E-state index is 12.3. The second-order valence-corrected chi connectivity index (χ2v) is 7.69. The second-order valence-electron chi connectivity index (χ2n) is 5.12. The van der Waals surface area contributed by atoms with Crippen molar-refractivity contribution in [3.8, 4) is 5.75 Å². The molecule has 1 N–H and O–H groups in total. The highest BCUT2D eigenvalue weighted by atomic mass is 35.5. The van der Waals surface area contributed by atoms with Crippen LogP contribution < -0.4 is 9.46 Å². The Kier molecular flexibility index (Phi) is 5.92. The van der Waals surface area contributed by atoms with E-state index in [1.54, 1.807) is 44.4 Å². The van der Waals surface area contributed by atoms with Gasteiger partial charge >= 0.3 is 0 Å². The molecule has 0 bridgehead atoms. The molecular weight excluding hydrogens is 357 g/mol. The molecule has 0 radical (unpaired) electrons. The molecule has 2 rings (SSSR count). The summed E-state index contributed by atoms with van der Waals surface area (Å²) in [6.45, 7) is 1.79. The molecule has 0 aliphatic heterocycles. The van der Waals surface area contributed by atoms with E-state index >= 15 is 0 Å². The van der Waals surface area contributed by atoms with Crippen molar-refractivity contribution in [1.82, 2.24) is 4.72 Å². The molecule has 0 amide bonds. The van der Waals surface area contributed by atoms with Crippen LogP contribution >= 0.6 is 23.2 Å². The first kappa shape index (κ1) is 18.1. The van der Waals surface area contributed by atoms with E-state index in [-0.39, 0.29) is 11.8 Å². The number of sulfonamides is 1.